The van der Waals surface area contributed by atoms with E-state index in [0.29, 0.717) is 16.9 Å². The van der Waals surface area contributed by atoms with Crippen LogP contribution in [-0.4, -0.2) is 25.3 Å². The van der Waals surface area contributed by atoms with Crippen LogP contribution in [0.15, 0.2) is 18.2 Å². The Bertz CT molecular complexity index is 613. The largest absolute Gasteiger partial charge is 0.495 e. The van der Waals surface area contributed by atoms with Crippen molar-refractivity contribution in [3.05, 3.63) is 29.3 Å². The first-order valence-electron chi connectivity index (χ1n) is 6.39. The van der Waals surface area contributed by atoms with Gasteiger partial charge in [-0.25, -0.2) is 4.79 Å². The first-order chi connectivity index (χ1) is 9.85. The molecule has 0 saturated carbocycles. The molecule has 0 heterocycles. The van der Waals surface area contributed by atoms with Crippen LogP contribution in [0.4, 0.5) is 4.79 Å². The molecule has 0 fully saturated rings. The average molecular weight is 286 g/mol. The number of nitriles is 1. The van der Waals surface area contributed by atoms with Crippen molar-refractivity contribution in [3.63, 3.8) is 0 Å². The van der Waals surface area contributed by atoms with Crippen LogP contribution in [-0.2, 0) is 4.74 Å². The number of nitrogens with zero attached hydrogens (tertiary/aromatic N) is 1. The minimum Gasteiger partial charge on any atom is -0.495 e. The van der Waals surface area contributed by atoms with Crippen LogP contribution in [0, 0.1) is 23.2 Å². The zero-order valence-electron chi connectivity index (χ0n) is 12.6. The Morgan fingerprint density at radius 2 is 2.10 bits per heavy atom. The van der Waals surface area contributed by atoms with Gasteiger partial charge in [0.1, 0.15) is 11.4 Å². The Hall–Kier alpha value is -2.66. The Balaban J connectivity index is 2.67. The number of methoxy groups -OCH3 is 1. The number of rotatable bonds is 2. The standard InChI is InChI=1S/C16H18N2O3/c1-16(2,3)21-15(19)18-9-5-6-13-10-12(11-17)7-8-14(13)20-4/h7-8,10H,9H2,1-4H3,(H,18,19). The highest BCUT2D eigenvalue weighted by Gasteiger charge is 2.15. The molecule has 0 atom stereocenters. The van der Waals surface area contributed by atoms with E-state index in [-0.39, 0.29) is 6.54 Å². The Morgan fingerprint density at radius 3 is 2.67 bits per heavy atom. The summed E-state index contributed by atoms with van der Waals surface area (Å²) in [6, 6.07) is 7.02. The molecule has 1 rings (SSSR count). The second-order valence-electron chi connectivity index (χ2n) is 5.18. The molecule has 0 aromatic heterocycles. The summed E-state index contributed by atoms with van der Waals surface area (Å²) in [5, 5.41) is 11.4. The van der Waals surface area contributed by atoms with Gasteiger partial charge in [-0.05, 0) is 39.0 Å². The molecule has 0 bridgehead atoms. The van der Waals surface area contributed by atoms with Crippen LogP contribution < -0.4 is 10.1 Å². The first kappa shape index (κ1) is 16.4. The zero-order chi connectivity index (χ0) is 15.9. The van der Waals surface area contributed by atoms with E-state index in [9.17, 15) is 4.79 Å². The third-order valence-corrected chi connectivity index (χ3v) is 2.27. The number of benzene rings is 1. The Labute approximate surface area is 124 Å². The molecule has 110 valence electrons. The molecule has 0 radical (unpaired) electrons. The lowest BCUT2D eigenvalue weighted by molar-refractivity contribution is 0.0535. The number of ether oxygens (including phenoxy) is 2. The SMILES string of the molecule is COc1ccc(C#N)cc1C#CCNC(=O)OC(C)(C)C. The third kappa shape index (κ3) is 5.88. The topological polar surface area (TPSA) is 71.3 Å². The highest BCUT2D eigenvalue weighted by atomic mass is 16.6. The lowest BCUT2D eigenvalue weighted by Crippen LogP contribution is -2.32. The number of alkyl carbamates (subject to hydrolysis) is 1. The Kier molecular flexibility index (Phi) is 5.63. The van der Waals surface area contributed by atoms with Gasteiger partial charge < -0.3 is 14.8 Å². The summed E-state index contributed by atoms with van der Waals surface area (Å²) < 4.78 is 10.3. The summed E-state index contributed by atoms with van der Waals surface area (Å²) in [6.45, 7) is 5.51. The molecular formula is C16H18N2O3. The van der Waals surface area contributed by atoms with Crippen molar-refractivity contribution in [1.82, 2.24) is 5.32 Å². The maximum absolute atomic E-state index is 11.4. The Morgan fingerprint density at radius 1 is 1.38 bits per heavy atom. The number of nitrogens with one attached hydrogen (secondary N) is 1. The molecule has 1 N–H and O–H groups in total. The molecule has 0 saturated heterocycles. The normalized spacial score (nSPS) is 9.86. The minimum absolute atomic E-state index is 0.148. The van der Waals surface area contributed by atoms with Crippen LogP contribution in [0.25, 0.3) is 0 Å². The summed E-state index contributed by atoms with van der Waals surface area (Å²) in [5.74, 6) is 6.24. The quantitative estimate of drug-likeness (QED) is 0.848. The predicted octanol–water partition coefficient (Wildman–Crippen LogP) is 2.44. The van der Waals surface area contributed by atoms with Gasteiger partial charge in [-0.15, -0.1) is 0 Å². The molecule has 0 unspecified atom stereocenters. The van der Waals surface area contributed by atoms with Crippen molar-refractivity contribution in [3.8, 4) is 23.7 Å². The van der Waals surface area contributed by atoms with E-state index in [4.69, 9.17) is 14.7 Å². The molecule has 0 spiro atoms. The molecule has 1 aromatic carbocycles. The second kappa shape index (κ2) is 7.21. The van der Waals surface area contributed by atoms with E-state index >= 15 is 0 Å². The molecular weight excluding hydrogens is 268 g/mol. The number of carbonyl (C=O) groups is 1. The predicted molar refractivity (Wildman–Crippen MR) is 78.8 cm³/mol. The number of carbonyl (C=O) groups excluding carboxylic acids is 1. The maximum Gasteiger partial charge on any atom is 0.408 e. The van der Waals surface area contributed by atoms with E-state index < -0.39 is 11.7 Å². The lowest BCUT2D eigenvalue weighted by atomic mass is 10.1. The van der Waals surface area contributed by atoms with Gasteiger partial charge in [-0.3, -0.25) is 0 Å². The molecule has 21 heavy (non-hydrogen) atoms. The van der Waals surface area contributed by atoms with Crippen molar-refractivity contribution < 1.29 is 14.3 Å². The molecule has 0 aliphatic heterocycles. The van der Waals surface area contributed by atoms with Crippen molar-refractivity contribution >= 4 is 6.09 Å². The van der Waals surface area contributed by atoms with Gasteiger partial charge in [-0.2, -0.15) is 5.26 Å². The van der Waals surface area contributed by atoms with Gasteiger partial charge in [0.05, 0.1) is 30.9 Å². The van der Waals surface area contributed by atoms with E-state index in [1.54, 1.807) is 39.0 Å². The summed E-state index contributed by atoms with van der Waals surface area (Å²) in [7, 11) is 1.53. The van der Waals surface area contributed by atoms with Crippen LogP contribution in [0.5, 0.6) is 5.75 Å². The average Bonchev–Trinajstić information content (AvgIpc) is 2.41. The number of hydrogen-bond donors (Lipinski definition) is 1. The second-order valence-corrected chi connectivity index (χ2v) is 5.18. The van der Waals surface area contributed by atoms with Crippen LogP contribution >= 0.6 is 0 Å². The highest BCUT2D eigenvalue weighted by Crippen LogP contribution is 2.18. The van der Waals surface area contributed by atoms with Gasteiger partial charge in [0.15, 0.2) is 0 Å². The fraction of sp³-hybridized carbons (Fsp3) is 0.375. The highest BCUT2D eigenvalue weighted by molar-refractivity contribution is 5.68. The van der Waals surface area contributed by atoms with E-state index in [1.165, 1.54) is 7.11 Å². The van der Waals surface area contributed by atoms with Crippen LogP contribution in [0.2, 0.25) is 0 Å². The van der Waals surface area contributed by atoms with Gasteiger partial charge >= 0.3 is 6.09 Å². The first-order valence-corrected chi connectivity index (χ1v) is 6.39. The van der Waals surface area contributed by atoms with E-state index in [0.717, 1.165) is 0 Å². The van der Waals surface area contributed by atoms with Crippen molar-refractivity contribution in [2.75, 3.05) is 13.7 Å². The fourth-order valence-electron chi connectivity index (χ4n) is 1.45. The van der Waals surface area contributed by atoms with Gasteiger partial charge in [0, 0.05) is 0 Å². The summed E-state index contributed by atoms with van der Waals surface area (Å²) in [4.78, 5) is 11.4. The number of amides is 1. The van der Waals surface area contributed by atoms with Crippen LogP contribution in [0.1, 0.15) is 31.9 Å². The maximum atomic E-state index is 11.4. The monoisotopic (exact) mass is 286 g/mol. The number of hydrogen-bond acceptors (Lipinski definition) is 4. The molecule has 1 amide bonds. The molecule has 5 nitrogen and oxygen atoms in total. The summed E-state index contributed by atoms with van der Waals surface area (Å²) >= 11 is 0. The van der Waals surface area contributed by atoms with Gasteiger partial charge in [0.25, 0.3) is 0 Å². The van der Waals surface area contributed by atoms with Crippen molar-refractivity contribution in [1.29, 1.82) is 5.26 Å². The van der Waals surface area contributed by atoms with Crippen molar-refractivity contribution in [2.24, 2.45) is 0 Å². The van der Waals surface area contributed by atoms with Gasteiger partial charge in [-0.1, -0.05) is 11.8 Å². The van der Waals surface area contributed by atoms with E-state index in [1.807, 2.05) is 6.07 Å². The fourth-order valence-corrected chi connectivity index (χ4v) is 1.45. The molecule has 5 heteroatoms. The van der Waals surface area contributed by atoms with Gasteiger partial charge in [0.2, 0.25) is 0 Å². The van der Waals surface area contributed by atoms with E-state index in [2.05, 4.69) is 17.2 Å². The summed E-state index contributed by atoms with van der Waals surface area (Å²) in [6.07, 6.45) is -0.519. The smallest absolute Gasteiger partial charge is 0.408 e. The zero-order valence-corrected chi connectivity index (χ0v) is 12.6. The molecule has 1 aromatic rings. The lowest BCUT2D eigenvalue weighted by Gasteiger charge is -2.19. The minimum atomic E-state index is -0.540. The van der Waals surface area contributed by atoms with Crippen LogP contribution in [0.3, 0.4) is 0 Å². The summed E-state index contributed by atoms with van der Waals surface area (Å²) in [5.41, 5.74) is 0.560. The molecule has 0 aliphatic rings. The molecule has 0 aliphatic carbocycles. The third-order valence-electron chi connectivity index (χ3n) is 2.27. The van der Waals surface area contributed by atoms with Crippen molar-refractivity contribution in [2.45, 2.75) is 26.4 Å².